The molecule has 4 nitrogen and oxygen atoms in total. The lowest BCUT2D eigenvalue weighted by molar-refractivity contribution is 0.190. The summed E-state index contributed by atoms with van der Waals surface area (Å²) in [6.45, 7) is 3.78. The van der Waals surface area contributed by atoms with Gasteiger partial charge in [0.2, 0.25) is 0 Å². The molecule has 2 N–H and O–H groups in total. The Labute approximate surface area is 85.1 Å². The summed E-state index contributed by atoms with van der Waals surface area (Å²) in [5.74, 6) is 0. The van der Waals surface area contributed by atoms with Crippen molar-refractivity contribution >= 4 is 0 Å². The van der Waals surface area contributed by atoms with E-state index in [-0.39, 0.29) is 6.04 Å². The molecule has 0 unspecified atom stereocenters. The van der Waals surface area contributed by atoms with Crippen LogP contribution < -0.4 is 5.73 Å². The minimum atomic E-state index is 0.0973. The number of ether oxygens (including phenoxy) is 1. The van der Waals surface area contributed by atoms with Gasteiger partial charge in [0.15, 0.2) is 0 Å². The van der Waals surface area contributed by atoms with Crippen LogP contribution in [0.1, 0.15) is 31.5 Å². The Morgan fingerprint density at radius 3 is 3.07 bits per heavy atom. The molecule has 0 spiro atoms. The maximum atomic E-state index is 5.95. The number of imidazole rings is 1. The van der Waals surface area contributed by atoms with Crippen LogP contribution in [0.3, 0.4) is 0 Å². The van der Waals surface area contributed by atoms with Crippen molar-refractivity contribution in [2.45, 2.75) is 32.4 Å². The van der Waals surface area contributed by atoms with Crippen molar-refractivity contribution in [3.8, 4) is 0 Å². The highest BCUT2D eigenvalue weighted by Gasteiger charge is 2.08. The van der Waals surface area contributed by atoms with Crippen LogP contribution in [0.25, 0.3) is 0 Å². The van der Waals surface area contributed by atoms with Crippen molar-refractivity contribution in [1.82, 2.24) is 9.55 Å². The van der Waals surface area contributed by atoms with Crippen molar-refractivity contribution in [3.05, 3.63) is 18.2 Å². The molecular formula is C10H19N3O. The van der Waals surface area contributed by atoms with Crippen molar-refractivity contribution in [2.75, 3.05) is 13.7 Å². The minimum absolute atomic E-state index is 0.0973. The largest absolute Gasteiger partial charge is 0.385 e. The molecule has 1 atom stereocenters. The Morgan fingerprint density at radius 2 is 2.43 bits per heavy atom. The number of aromatic nitrogens is 2. The molecule has 0 saturated heterocycles. The molecule has 4 heteroatoms. The minimum Gasteiger partial charge on any atom is -0.385 e. The summed E-state index contributed by atoms with van der Waals surface area (Å²) in [4.78, 5) is 4.11. The van der Waals surface area contributed by atoms with Gasteiger partial charge in [0, 0.05) is 32.5 Å². The topological polar surface area (TPSA) is 53.1 Å². The fraction of sp³-hybridized carbons (Fsp3) is 0.700. The summed E-state index contributed by atoms with van der Waals surface area (Å²) in [5.41, 5.74) is 7.07. The Bertz CT molecular complexity index is 260. The van der Waals surface area contributed by atoms with Gasteiger partial charge in [0.25, 0.3) is 0 Å². The summed E-state index contributed by atoms with van der Waals surface area (Å²) < 4.78 is 7.11. The molecule has 0 aliphatic carbocycles. The first-order valence-corrected chi connectivity index (χ1v) is 5.04. The molecule has 0 aliphatic rings. The number of rotatable bonds is 6. The Balaban J connectivity index is 2.53. The van der Waals surface area contributed by atoms with Crippen molar-refractivity contribution in [2.24, 2.45) is 5.73 Å². The molecular weight excluding hydrogens is 178 g/mol. The second-order valence-corrected chi connectivity index (χ2v) is 3.37. The third-order valence-corrected chi connectivity index (χ3v) is 2.31. The molecule has 0 amide bonds. The second kappa shape index (κ2) is 5.78. The monoisotopic (exact) mass is 197 g/mol. The van der Waals surface area contributed by atoms with Crippen LogP contribution in [0.15, 0.2) is 12.5 Å². The smallest absolute Gasteiger partial charge is 0.0948 e. The predicted octanol–water partition coefficient (Wildman–Crippen LogP) is 1.33. The molecule has 80 valence electrons. The first-order valence-electron chi connectivity index (χ1n) is 5.04. The van der Waals surface area contributed by atoms with E-state index in [0.29, 0.717) is 0 Å². The number of hydrogen-bond acceptors (Lipinski definition) is 3. The Kier molecular flexibility index (Phi) is 4.62. The molecule has 1 heterocycles. The summed E-state index contributed by atoms with van der Waals surface area (Å²) in [6.07, 6.45) is 5.62. The van der Waals surface area contributed by atoms with Crippen LogP contribution in [0.4, 0.5) is 0 Å². The van der Waals surface area contributed by atoms with E-state index in [9.17, 15) is 0 Å². The van der Waals surface area contributed by atoms with E-state index < -0.39 is 0 Å². The molecule has 1 aromatic heterocycles. The van der Waals surface area contributed by atoms with E-state index in [1.54, 1.807) is 7.11 Å². The van der Waals surface area contributed by atoms with Gasteiger partial charge in [0.05, 0.1) is 12.0 Å². The van der Waals surface area contributed by atoms with Crippen molar-refractivity contribution in [3.63, 3.8) is 0 Å². The highest BCUT2D eigenvalue weighted by molar-refractivity contribution is 5.03. The number of methoxy groups -OCH3 is 1. The summed E-state index contributed by atoms with van der Waals surface area (Å²) in [5, 5.41) is 0. The van der Waals surface area contributed by atoms with Gasteiger partial charge in [0.1, 0.15) is 0 Å². The van der Waals surface area contributed by atoms with E-state index >= 15 is 0 Å². The van der Waals surface area contributed by atoms with Gasteiger partial charge < -0.3 is 15.0 Å². The number of nitrogens with zero attached hydrogens (tertiary/aromatic N) is 2. The SMILES string of the molecule is CC[C@@H](N)c1cncn1CCCOC. The molecule has 1 rings (SSSR count). The predicted molar refractivity (Wildman–Crippen MR) is 55.9 cm³/mol. The van der Waals surface area contributed by atoms with Crippen molar-refractivity contribution < 1.29 is 4.74 Å². The molecule has 0 aromatic carbocycles. The molecule has 0 aliphatic heterocycles. The first kappa shape index (κ1) is 11.2. The van der Waals surface area contributed by atoms with Crippen molar-refractivity contribution in [1.29, 1.82) is 0 Å². The zero-order chi connectivity index (χ0) is 10.4. The molecule has 0 bridgehead atoms. The van der Waals surface area contributed by atoms with Crippen LogP contribution in [0.5, 0.6) is 0 Å². The average molecular weight is 197 g/mol. The van der Waals surface area contributed by atoms with E-state index in [2.05, 4.69) is 16.5 Å². The molecule has 0 saturated carbocycles. The van der Waals surface area contributed by atoms with Crippen LogP contribution >= 0.6 is 0 Å². The van der Waals surface area contributed by atoms with Gasteiger partial charge >= 0.3 is 0 Å². The highest BCUT2D eigenvalue weighted by atomic mass is 16.5. The van der Waals surface area contributed by atoms with Gasteiger partial charge in [-0.2, -0.15) is 0 Å². The maximum Gasteiger partial charge on any atom is 0.0948 e. The van der Waals surface area contributed by atoms with Crippen LogP contribution in [-0.2, 0) is 11.3 Å². The summed E-state index contributed by atoms with van der Waals surface area (Å²) in [7, 11) is 1.71. The zero-order valence-corrected chi connectivity index (χ0v) is 8.94. The second-order valence-electron chi connectivity index (χ2n) is 3.37. The number of hydrogen-bond donors (Lipinski definition) is 1. The van der Waals surface area contributed by atoms with E-state index in [0.717, 1.165) is 31.7 Å². The Hall–Kier alpha value is -0.870. The van der Waals surface area contributed by atoms with Gasteiger partial charge in [-0.15, -0.1) is 0 Å². The zero-order valence-electron chi connectivity index (χ0n) is 8.94. The molecule has 14 heavy (non-hydrogen) atoms. The fourth-order valence-electron chi connectivity index (χ4n) is 1.41. The molecule has 0 fully saturated rings. The fourth-order valence-corrected chi connectivity index (χ4v) is 1.41. The van der Waals surface area contributed by atoms with E-state index in [1.165, 1.54) is 0 Å². The number of nitrogens with two attached hydrogens (primary N) is 1. The summed E-state index contributed by atoms with van der Waals surface area (Å²) in [6, 6.07) is 0.0973. The third kappa shape index (κ3) is 2.82. The summed E-state index contributed by atoms with van der Waals surface area (Å²) >= 11 is 0. The van der Waals surface area contributed by atoms with Gasteiger partial charge in [-0.25, -0.2) is 4.98 Å². The third-order valence-electron chi connectivity index (χ3n) is 2.31. The normalized spacial score (nSPS) is 13.1. The average Bonchev–Trinajstić information content (AvgIpc) is 2.65. The van der Waals surface area contributed by atoms with Crippen LogP contribution in [-0.4, -0.2) is 23.3 Å². The number of aryl methyl sites for hydroxylation is 1. The Morgan fingerprint density at radius 1 is 1.64 bits per heavy atom. The lowest BCUT2D eigenvalue weighted by atomic mass is 10.2. The lowest BCUT2D eigenvalue weighted by Crippen LogP contribution is -2.14. The highest BCUT2D eigenvalue weighted by Crippen LogP contribution is 2.13. The standard InChI is InChI=1S/C10H19N3O/c1-3-9(11)10-7-12-8-13(10)5-4-6-14-2/h7-9H,3-6,11H2,1-2H3/t9-/m1/s1. The van der Waals surface area contributed by atoms with E-state index in [4.69, 9.17) is 10.5 Å². The van der Waals surface area contributed by atoms with Crippen LogP contribution in [0.2, 0.25) is 0 Å². The van der Waals surface area contributed by atoms with Gasteiger partial charge in [-0.3, -0.25) is 0 Å². The van der Waals surface area contributed by atoms with Gasteiger partial charge in [-0.1, -0.05) is 6.92 Å². The maximum absolute atomic E-state index is 5.95. The molecule has 0 radical (unpaired) electrons. The quantitative estimate of drug-likeness (QED) is 0.700. The molecule has 1 aromatic rings. The van der Waals surface area contributed by atoms with Crippen LogP contribution in [0, 0.1) is 0 Å². The lowest BCUT2D eigenvalue weighted by Gasteiger charge is -2.12. The van der Waals surface area contributed by atoms with Gasteiger partial charge in [-0.05, 0) is 12.8 Å². The first-order chi connectivity index (χ1) is 6.79. The van der Waals surface area contributed by atoms with E-state index in [1.807, 2.05) is 12.5 Å².